The zero-order valence-electron chi connectivity index (χ0n) is 10.8. The monoisotopic (exact) mass is 235 g/mol. The molecule has 0 aliphatic heterocycles. The Hall–Kier alpha value is -1.35. The Bertz CT molecular complexity index is 350. The van der Waals surface area contributed by atoms with Crippen LogP contribution in [0.5, 0.6) is 0 Å². The average Bonchev–Trinajstić information content (AvgIpc) is 2.35. The Morgan fingerprint density at radius 2 is 1.88 bits per heavy atom. The van der Waals surface area contributed by atoms with Crippen molar-refractivity contribution in [2.45, 2.75) is 39.3 Å². The number of carbonyl (C=O) groups is 1. The maximum absolute atomic E-state index is 10.9. The minimum Gasteiger partial charge on any atom is -0.480 e. The van der Waals surface area contributed by atoms with Crippen LogP contribution in [-0.2, 0) is 4.79 Å². The fraction of sp³-hybridized carbons (Fsp3) is 0.500. The first kappa shape index (κ1) is 13.7. The summed E-state index contributed by atoms with van der Waals surface area (Å²) >= 11 is 0. The number of hydrogen-bond donors (Lipinski definition) is 1. The predicted molar refractivity (Wildman–Crippen MR) is 69.0 cm³/mol. The van der Waals surface area contributed by atoms with Gasteiger partial charge in [0.05, 0.1) is 6.54 Å². The van der Waals surface area contributed by atoms with Crippen molar-refractivity contribution < 1.29 is 9.90 Å². The lowest BCUT2D eigenvalue weighted by molar-refractivity contribution is -0.139. The molecular weight excluding hydrogens is 214 g/mol. The summed E-state index contributed by atoms with van der Waals surface area (Å²) < 4.78 is 0. The van der Waals surface area contributed by atoms with Gasteiger partial charge in [-0.2, -0.15) is 0 Å². The molecule has 2 unspecified atom stereocenters. The summed E-state index contributed by atoms with van der Waals surface area (Å²) in [6.45, 7) is 6.30. The van der Waals surface area contributed by atoms with Gasteiger partial charge < -0.3 is 5.11 Å². The molecule has 0 amide bonds. The van der Waals surface area contributed by atoms with Crippen LogP contribution in [-0.4, -0.2) is 28.6 Å². The summed E-state index contributed by atoms with van der Waals surface area (Å²) in [6, 6.07) is 10.4. The maximum Gasteiger partial charge on any atom is 0.317 e. The van der Waals surface area contributed by atoms with Gasteiger partial charge >= 0.3 is 5.97 Å². The molecule has 2 atom stereocenters. The van der Waals surface area contributed by atoms with Crippen LogP contribution in [0.25, 0.3) is 0 Å². The smallest absolute Gasteiger partial charge is 0.317 e. The highest BCUT2D eigenvalue weighted by Crippen LogP contribution is 2.22. The van der Waals surface area contributed by atoms with E-state index in [1.54, 1.807) is 0 Å². The van der Waals surface area contributed by atoms with Crippen molar-refractivity contribution in [2.24, 2.45) is 0 Å². The largest absolute Gasteiger partial charge is 0.480 e. The second kappa shape index (κ2) is 6.40. The van der Waals surface area contributed by atoms with E-state index in [1.165, 1.54) is 0 Å². The molecule has 1 aromatic rings. The molecule has 17 heavy (non-hydrogen) atoms. The van der Waals surface area contributed by atoms with Crippen molar-refractivity contribution in [3.05, 3.63) is 35.9 Å². The molecule has 0 radical (unpaired) electrons. The van der Waals surface area contributed by atoms with Crippen molar-refractivity contribution in [3.63, 3.8) is 0 Å². The Labute approximate surface area is 103 Å². The van der Waals surface area contributed by atoms with Crippen molar-refractivity contribution in [3.8, 4) is 0 Å². The SMILES string of the molecule is CCC(C)N(CC(=O)O)C(C)c1ccccc1. The lowest BCUT2D eigenvalue weighted by atomic mass is 10.0. The molecule has 0 aliphatic carbocycles. The molecule has 0 aromatic heterocycles. The van der Waals surface area contributed by atoms with Crippen molar-refractivity contribution >= 4 is 5.97 Å². The number of benzene rings is 1. The van der Waals surface area contributed by atoms with Crippen LogP contribution in [0.4, 0.5) is 0 Å². The van der Waals surface area contributed by atoms with E-state index in [2.05, 4.69) is 20.8 Å². The van der Waals surface area contributed by atoms with Crippen molar-refractivity contribution in [1.82, 2.24) is 4.90 Å². The molecule has 0 bridgehead atoms. The lowest BCUT2D eigenvalue weighted by Gasteiger charge is -2.33. The van der Waals surface area contributed by atoms with E-state index in [0.717, 1.165) is 12.0 Å². The molecule has 1 rings (SSSR count). The summed E-state index contributed by atoms with van der Waals surface area (Å²) in [6.07, 6.45) is 0.949. The van der Waals surface area contributed by atoms with Gasteiger partial charge in [-0.3, -0.25) is 9.69 Å². The summed E-state index contributed by atoms with van der Waals surface area (Å²) in [5.74, 6) is -0.770. The molecular formula is C14H21NO2. The quantitative estimate of drug-likeness (QED) is 0.824. The molecule has 1 aromatic carbocycles. The minimum atomic E-state index is -0.770. The number of carboxylic acid groups (broad SMARTS) is 1. The van der Waals surface area contributed by atoms with Crippen LogP contribution < -0.4 is 0 Å². The average molecular weight is 235 g/mol. The molecule has 0 heterocycles. The number of hydrogen-bond acceptors (Lipinski definition) is 2. The van der Waals surface area contributed by atoms with Crippen molar-refractivity contribution in [1.29, 1.82) is 0 Å². The van der Waals surface area contributed by atoms with Gasteiger partial charge in [0, 0.05) is 12.1 Å². The lowest BCUT2D eigenvalue weighted by Crippen LogP contribution is -2.38. The topological polar surface area (TPSA) is 40.5 Å². The van der Waals surface area contributed by atoms with Gasteiger partial charge in [-0.05, 0) is 25.8 Å². The summed E-state index contributed by atoms with van der Waals surface area (Å²) in [5, 5.41) is 8.98. The number of rotatable bonds is 6. The molecule has 0 aliphatic rings. The van der Waals surface area contributed by atoms with Crippen LogP contribution in [0.1, 0.15) is 38.8 Å². The van der Waals surface area contributed by atoms with Crippen LogP contribution in [0, 0.1) is 0 Å². The third-order valence-corrected chi connectivity index (χ3v) is 3.25. The van der Waals surface area contributed by atoms with E-state index in [4.69, 9.17) is 5.11 Å². The van der Waals surface area contributed by atoms with Gasteiger partial charge in [0.1, 0.15) is 0 Å². The first-order chi connectivity index (χ1) is 8.06. The third-order valence-electron chi connectivity index (χ3n) is 3.25. The fourth-order valence-electron chi connectivity index (χ4n) is 1.99. The Morgan fingerprint density at radius 3 is 2.35 bits per heavy atom. The Balaban J connectivity index is 2.86. The first-order valence-corrected chi connectivity index (χ1v) is 6.08. The highest BCUT2D eigenvalue weighted by atomic mass is 16.4. The van der Waals surface area contributed by atoms with Crippen LogP contribution in [0.15, 0.2) is 30.3 Å². The zero-order chi connectivity index (χ0) is 12.8. The summed E-state index contributed by atoms with van der Waals surface area (Å²) in [7, 11) is 0. The van der Waals surface area contributed by atoms with E-state index in [0.29, 0.717) is 0 Å². The van der Waals surface area contributed by atoms with Gasteiger partial charge in [0.25, 0.3) is 0 Å². The van der Waals surface area contributed by atoms with E-state index in [1.807, 2.05) is 35.2 Å². The fourth-order valence-corrected chi connectivity index (χ4v) is 1.99. The van der Waals surface area contributed by atoms with Crippen LogP contribution in [0.3, 0.4) is 0 Å². The molecule has 0 spiro atoms. The zero-order valence-corrected chi connectivity index (χ0v) is 10.8. The third kappa shape index (κ3) is 3.86. The van der Waals surface area contributed by atoms with Gasteiger partial charge in [0.15, 0.2) is 0 Å². The molecule has 94 valence electrons. The molecule has 0 saturated heterocycles. The molecule has 0 fully saturated rings. The Kier molecular flexibility index (Phi) is 5.16. The van der Waals surface area contributed by atoms with Gasteiger partial charge in [-0.1, -0.05) is 37.3 Å². The molecule has 3 heteroatoms. The summed E-state index contributed by atoms with van der Waals surface area (Å²) in [5.41, 5.74) is 1.16. The first-order valence-electron chi connectivity index (χ1n) is 6.08. The highest BCUT2D eigenvalue weighted by Gasteiger charge is 2.22. The maximum atomic E-state index is 10.9. The van der Waals surface area contributed by atoms with Crippen molar-refractivity contribution in [2.75, 3.05) is 6.54 Å². The normalized spacial score (nSPS) is 14.6. The molecule has 3 nitrogen and oxygen atoms in total. The van der Waals surface area contributed by atoms with Crippen LogP contribution in [0.2, 0.25) is 0 Å². The summed E-state index contributed by atoms with van der Waals surface area (Å²) in [4.78, 5) is 12.9. The Morgan fingerprint density at radius 1 is 1.29 bits per heavy atom. The minimum absolute atomic E-state index is 0.0884. The van der Waals surface area contributed by atoms with Gasteiger partial charge in [0.2, 0.25) is 0 Å². The standard InChI is InChI=1S/C14H21NO2/c1-4-11(2)15(10-14(16)17)12(3)13-8-6-5-7-9-13/h5-9,11-12H,4,10H2,1-3H3,(H,16,17). The predicted octanol–water partition coefficient (Wildman–Crippen LogP) is 2.93. The van der Waals surface area contributed by atoms with E-state index in [9.17, 15) is 4.79 Å². The second-order valence-corrected chi connectivity index (χ2v) is 4.41. The van der Waals surface area contributed by atoms with E-state index < -0.39 is 5.97 Å². The van der Waals surface area contributed by atoms with Gasteiger partial charge in [-0.15, -0.1) is 0 Å². The number of aliphatic carboxylic acids is 1. The number of nitrogens with zero attached hydrogens (tertiary/aromatic N) is 1. The van der Waals surface area contributed by atoms with E-state index >= 15 is 0 Å². The van der Waals surface area contributed by atoms with E-state index in [-0.39, 0.29) is 18.6 Å². The van der Waals surface area contributed by atoms with Crippen LogP contribution >= 0.6 is 0 Å². The van der Waals surface area contributed by atoms with Gasteiger partial charge in [-0.25, -0.2) is 0 Å². The molecule has 1 N–H and O–H groups in total. The second-order valence-electron chi connectivity index (χ2n) is 4.41. The molecule has 0 saturated carbocycles. The highest BCUT2D eigenvalue weighted by molar-refractivity contribution is 5.69. The number of carboxylic acids is 1.